The van der Waals surface area contributed by atoms with Crippen LogP contribution in [0.25, 0.3) is 0 Å². The Morgan fingerprint density at radius 2 is 1.32 bits per heavy atom. The minimum absolute atomic E-state index is 0.106. The molecule has 1 aliphatic carbocycles. The van der Waals surface area contributed by atoms with Gasteiger partial charge >= 0.3 is 0 Å². The molecule has 1 saturated carbocycles. The van der Waals surface area contributed by atoms with Crippen molar-refractivity contribution in [3.8, 4) is 0 Å². The molecule has 1 fully saturated rings. The van der Waals surface area contributed by atoms with Crippen molar-refractivity contribution >= 4 is 11.8 Å². The first-order chi connectivity index (χ1) is 10.7. The van der Waals surface area contributed by atoms with Crippen LogP contribution in [0.5, 0.6) is 0 Å². The summed E-state index contributed by atoms with van der Waals surface area (Å²) in [7, 11) is 0. The lowest BCUT2D eigenvalue weighted by atomic mass is 9.90. The van der Waals surface area contributed by atoms with E-state index in [0.717, 1.165) is 25.7 Å². The van der Waals surface area contributed by atoms with Crippen molar-refractivity contribution in [1.82, 2.24) is 10.6 Å². The minimum Gasteiger partial charge on any atom is -0.459 e. The van der Waals surface area contributed by atoms with Gasteiger partial charge in [0, 0.05) is 12.1 Å². The van der Waals surface area contributed by atoms with E-state index in [0.29, 0.717) is 0 Å². The molecule has 0 saturated heterocycles. The lowest BCUT2D eigenvalue weighted by Gasteiger charge is -2.32. The second kappa shape index (κ2) is 6.51. The lowest BCUT2D eigenvalue weighted by molar-refractivity contribution is 0.0834. The Kier molecular flexibility index (Phi) is 4.27. The van der Waals surface area contributed by atoms with Crippen molar-refractivity contribution in [3.63, 3.8) is 0 Å². The van der Waals surface area contributed by atoms with Crippen LogP contribution >= 0.6 is 0 Å². The van der Waals surface area contributed by atoms with Gasteiger partial charge in [0.2, 0.25) is 0 Å². The number of hydrogen-bond donors (Lipinski definition) is 2. The summed E-state index contributed by atoms with van der Waals surface area (Å²) in [6, 6.07) is 6.37. The zero-order valence-corrected chi connectivity index (χ0v) is 12.1. The first-order valence-electron chi connectivity index (χ1n) is 7.43. The van der Waals surface area contributed by atoms with Gasteiger partial charge in [0.25, 0.3) is 11.8 Å². The first-order valence-corrected chi connectivity index (χ1v) is 7.43. The monoisotopic (exact) mass is 302 g/mol. The molecule has 6 nitrogen and oxygen atoms in total. The molecule has 0 bridgehead atoms. The summed E-state index contributed by atoms with van der Waals surface area (Å²) in [4.78, 5) is 24.2. The molecule has 22 heavy (non-hydrogen) atoms. The third-order valence-electron chi connectivity index (χ3n) is 3.89. The molecule has 2 N–H and O–H groups in total. The molecular weight excluding hydrogens is 284 g/mol. The first kappa shape index (κ1) is 14.4. The predicted octanol–water partition coefficient (Wildman–Crippen LogP) is 2.34. The van der Waals surface area contributed by atoms with Crippen LogP contribution in [0.15, 0.2) is 45.6 Å². The third-order valence-corrected chi connectivity index (χ3v) is 3.89. The van der Waals surface area contributed by atoms with E-state index in [4.69, 9.17) is 8.83 Å². The van der Waals surface area contributed by atoms with Crippen molar-refractivity contribution in [2.45, 2.75) is 37.8 Å². The van der Waals surface area contributed by atoms with Gasteiger partial charge in [0.05, 0.1) is 12.5 Å². The maximum atomic E-state index is 12.1. The average Bonchev–Trinajstić information content (AvgIpc) is 3.23. The second-order valence-corrected chi connectivity index (χ2v) is 5.40. The van der Waals surface area contributed by atoms with Gasteiger partial charge in [-0.3, -0.25) is 9.59 Å². The normalized spacial score (nSPS) is 21.3. The third kappa shape index (κ3) is 3.21. The minimum atomic E-state index is -0.255. The number of nitrogens with one attached hydrogen (secondary N) is 2. The Morgan fingerprint density at radius 1 is 0.864 bits per heavy atom. The Morgan fingerprint density at radius 3 is 1.68 bits per heavy atom. The van der Waals surface area contributed by atoms with E-state index in [1.165, 1.54) is 12.5 Å². The Balaban J connectivity index is 1.63. The molecule has 2 heterocycles. The maximum absolute atomic E-state index is 12.1. The summed E-state index contributed by atoms with van der Waals surface area (Å²) in [6.07, 6.45) is 6.63. The fourth-order valence-corrected chi connectivity index (χ4v) is 2.77. The topological polar surface area (TPSA) is 84.5 Å². The summed E-state index contributed by atoms with van der Waals surface area (Å²) < 4.78 is 10.2. The van der Waals surface area contributed by atoms with E-state index in [-0.39, 0.29) is 35.4 Å². The van der Waals surface area contributed by atoms with Gasteiger partial charge in [-0.15, -0.1) is 0 Å². The molecular formula is C16H18N2O4. The SMILES string of the molecule is O=C(N[C@H]1CCCC[C@H]1NC(=O)c1ccco1)c1ccco1. The van der Waals surface area contributed by atoms with Crippen molar-refractivity contribution in [2.24, 2.45) is 0 Å². The van der Waals surface area contributed by atoms with Crippen molar-refractivity contribution < 1.29 is 18.4 Å². The highest BCUT2D eigenvalue weighted by Crippen LogP contribution is 2.20. The summed E-state index contributed by atoms with van der Waals surface area (Å²) in [5.41, 5.74) is 0. The van der Waals surface area contributed by atoms with E-state index >= 15 is 0 Å². The Hall–Kier alpha value is -2.50. The zero-order valence-electron chi connectivity index (χ0n) is 12.1. The van der Waals surface area contributed by atoms with Crippen LogP contribution < -0.4 is 10.6 Å². The molecule has 2 aromatic heterocycles. The van der Waals surface area contributed by atoms with Crippen LogP contribution in [-0.2, 0) is 0 Å². The number of amides is 2. The van der Waals surface area contributed by atoms with Crippen molar-refractivity contribution in [2.75, 3.05) is 0 Å². The molecule has 0 radical (unpaired) electrons. The smallest absolute Gasteiger partial charge is 0.287 e. The molecule has 0 aromatic carbocycles. The molecule has 3 rings (SSSR count). The van der Waals surface area contributed by atoms with E-state index in [1.807, 2.05) is 0 Å². The highest BCUT2D eigenvalue weighted by atomic mass is 16.3. The van der Waals surface area contributed by atoms with Gasteiger partial charge in [0.15, 0.2) is 11.5 Å². The Labute approximate surface area is 127 Å². The summed E-state index contributed by atoms with van der Waals surface area (Å²) in [6.45, 7) is 0. The largest absolute Gasteiger partial charge is 0.459 e. The van der Waals surface area contributed by atoms with Gasteiger partial charge < -0.3 is 19.5 Å². The molecule has 2 aromatic rings. The van der Waals surface area contributed by atoms with E-state index < -0.39 is 0 Å². The fourth-order valence-electron chi connectivity index (χ4n) is 2.77. The number of carbonyl (C=O) groups is 2. The quantitative estimate of drug-likeness (QED) is 0.908. The zero-order chi connectivity index (χ0) is 15.4. The standard InChI is InChI=1S/C16H18N2O4/c19-15(13-7-3-9-21-13)17-11-5-1-2-6-12(11)18-16(20)14-8-4-10-22-14/h3-4,7-12H,1-2,5-6H2,(H,17,19)(H,18,20)/t11-,12+. The van der Waals surface area contributed by atoms with Gasteiger partial charge in [-0.2, -0.15) is 0 Å². The van der Waals surface area contributed by atoms with Crippen LogP contribution in [0.4, 0.5) is 0 Å². The lowest BCUT2D eigenvalue weighted by Crippen LogP contribution is -2.53. The average molecular weight is 302 g/mol. The molecule has 0 aliphatic heterocycles. The van der Waals surface area contributed by atoms with Crippen LogP contribution in [0.2, 0.25) is 0 Å². The molecule has 6 heteroatoms. The number of hydrogen-bond acceptors (Lipinski definition) is 4. The van der Waals surface area contributed by atoms with Crippen LogP contribution in [0, 0.1) is 0 Å². The van der Waals surface area contributed by atoms with Gasteiger partial charge in [0.1, 0.15) is 0 Å². The highest BCUT2D eigenvalue weighted by Gasteiger charge is 2.29. The molecule has 2 atom stereocenters. The molecule has 2 amide bonds. The van der Waals surface area contributed by atoms with E-state index in [9.17, 15) is 9.59 Å². The number of furan rings is 2. The molecule has 0 unspecified atom stereocenters. The van der Waals surface area contributed by atoms with Crippen LogP contribution in [0.3, 0.4) is 0 Å². The number of carbonyl (C=O) groups excluding carboxylic acids is 2. The summed E-state index contributed by atoms with van der Waals surface area (Å²) in [5.74, 6) is 0.0478. The van der Waals surface area contributed by atoms with Gasteiger partial charge in [-0.05, 0) is 37.1 Å². The van der Waals surface area contributed by atoms with Crippen LogP contribution in [0.1, 0.15) is 46.8 Å². The van der Waals surface area contributed by atoms with Gasteiger partial charge in [-0.1, -0.05) is 12.8 Å². The van der Waals surface area contributed by atoms with Gasteiger partial charge in [-0.25, -0.2) is 0 Å². The summed E-state index contributed by atoms with van der Waals surface area (Å²) >= 11 is 0. The Bertz CT molecular complexity index is 562. The number of rotatable bonds is 4. The fraction of sp³-hybridized carbons (Fsp3) is 0.375. The van der Waals surface area contributed by atoms with E-state index in [1.54, 1.807) is 24.3 Å². The maximum Gasteiger partial charge on any atom is 0.287 e. The summed E-state index contributed by atoms with van der Waals surface area (Å²) in [5, 5.41) is 5.89. The molecule has 1 aliphatic rings. The van der Waals surface area contributed by atoms with Crippen molar-refractivity contribution in [1.29, 1.82) is 0 Å². The highest BCUT2D eigenvalue weighted by molar-refractivity contribution is 5.92. The second-order valence-electron chi connectivity index (χ2n) is 5.40. The van der Waals surface area contributed by atoms with Crippen LogP contribution in [-0.4, -0.2) is 23.9 Å². The predicted molar refractivity (Wildman–Crippen MR) is 78.4 cm³/mol. The van der Waals surface area contributed by atoms with Crippen molar-refractivity contribution in [3.05, 3.63) is 48.3 Å². The molecule has 116 valence electrons. The van der Waals surface area contributed by atoms with E-state index in [2.05, 4.69) is 10.6 Å². The molecule has 0 spiro atoms.